The highest BCUT2D eigenvalue weighted by Gasteiger charge is 2.04. The van der Waals surface area contributed by atoms with Crippen LogP contribution in [0.25, 0.3) is 6.08 Å². The number of allylic oxidation sites excluding steroid dienone is 1. The number of ketones is 1. The Morgan fingerprint density at radius 2 is 1.79 bits per heavy atom. The zero-order valence-corrected chi connectivity index (χ0v) is 15.1. The van der Waals surface area contributed by atoms with Gasteiger partial charge in [0, 0.05) is 16.0 Å². The predicted octanol–water partition coefficient (Wildman–Crippen LogP) is 5.87. The van der Waals surface area contributed by atoms with Crippen molar-refractivity contribution in [2.45, 2.75) is 31.6 Å². The summed E-state index contributed by atoms with van der Waals surface area (Å²) in [6, 6.07) is 15.6. The summed E-state index contributed by atoms with van der Waals surface area (Å²) in [5.74, 6) is 1.92. The zero-order valence-electron chi connectivity index (χ0n) is 14.3. The fraction of sp³-hybridized carbons (Fsp3) is 0.286. The van der Waals surface area contributed by atoms with Gasteiger partial charge in [-0.25, -0.2) is 0 Å². The maximum atomic E-state index is 12.3. The minimum absolute atomic E-state index is 0.00679. The highest BCUT2D eigenvalue weighted by molar-refractivity contribution is 7.99. The molecule has 2 nitrogen and oxygen atoms in total. The van der Waals surface area contributed by atoms with Gasteiger partial charge in [0.1, 0.15) is 5.75 Å². The normalized spacial score (nSPS) is 10.9. The highest BCUT2D eigenvalue weighted by Crippen LogP contribution is 2.21. The van der Waals surface area contributed by atoms with E-state index in [1.54, 1.807) is 6.08 Å². The Morgan fingerprint density at radius 1 is 1.04 bits per heavy atom. The smallest absolute Gasteiger partial charge is 0.185 e. The van der Waals surface area contributed by atoms with Crippen LogP contribution in [0.15, 0.2) is 59.5 Å². The van der Waals surface area contributed by atoms with E-state index in [4.69, 9.17) is 4.74 Å². The SMILES string of the molecule is CCCOc1ccccc1C=CC(=O)c1ccc(SCCC)cc1. The molecule has 0 bridgehead atoms. The molecule has 2 aromatic carbocycles. The summed E-state index contributed by atoms with van der Waals surface area (Å²) in [7, 11) is 0. The molecule has 0 unspecified atom stereocenters. The number of hydrogen-bond donors (Lipinski definition) is 0. The number of carbonyl (C=O) groups excluding carboxylic acids is 1. The summed E-state index contributed by atoms with van der Waals surface area (Å²) in [5, 5.41) is 0. The second-order valence-electron chi connectivity index (χ2n) is 5.46. The largest absolute Gasteiger partial charge is 0.493 e. The number of carbonyl (C=O) groups is 1. The Labute approximate surface area is 148 Å². The first-order valence-corrected chi connectivity index (χ1v) is 9.40. The fourth-order valence-corrected chi connectivity index (χ4v) is 2.93. The Bertz CT molecular complexity index is 674. The lowest BCUT2D eigenvalue weighted by molar-refractivity contribution is 0.104. The Balaban J connectivity index is 2.05. The summed E-state index contributed by atoms with van der Waals surface area (Å²) < 4.78 is 5.71. The lowest BCUT2D eigenvalue weighted by Gasteiger charge is -2.07. The van der Waals surface area contributed by atoms with Crippen molar-refractivity contribution in [1.29, 1.82) is 0 Å². The Hall–Kier alpha value is -2.00. The summed E-state index contributed by atoms with van der Waals surface area (Å²) in [6.45, 7) is 4.91. The maximum Gasteiger partial charge on any atom is 0.185 e. The third kappa shape index (κ3) is 5.57. The predicted molar refractivity (Wildman–Crippen MR) is 103 cm³/mol. The highest BCUT2D eigenvalue weighted by atomic mass is 32.2. The fourth-order valence-electron chi connectivity index (χ4n) is 2.16. The van der Waals surface area contributed by atoms with Gasteiger partial charge in [-0.1, -0.05) is 32.0 Å². The van der Waals surface area contributed by atoms with Crippen molar-refractivity contribution in [3.8, 4) is 5.75 Å². The average molecular weight is 340 g/mol. The van der Waals surface area contributed by atoms with Gasteiger partial charge in [-0.3, -0.25) is 4.79 Å². The van der Waals surface area contributed by atoms with E-state index in [0.29, 0.717) is 12.2 Å². The van der Waals surface area contributed by atoms with E-state index in [1.165, 1.54) is 4.90 Å². The van der Waals surface area contributed by atoms with Crippen LogP contribution >= 0.6 is 11.8 Å². The molecule has 2 rings (SSSR count). The van der Waals surface area contributed by atoms with Crippen LogP contribution in [0.3, 0.4) is 0 Å². The van der Waals surface area contributed by atoms with E-state index in [1.807, 2.05) is 66.4 Å². The van der Waals surface area contributed by atoms with Crippen molar-refractivity contribution < 1.29 is 9.53 Å². The number of ether oxygens (including phenoxy) is 1. The molecule has 24 heavy (non-hydrogen) atoms. The average Bonchev–Trinajstić information content (AvgIpc) is 2.63. The Kier molecular flexibility index (Phi) is 7.63. The van der Waals surface area contributed by atoms with E-state index in [-0.39, 0.29) is 5.78 Å². The van der Waals surface area contributed by atoms with Crippen molar-refractivity contribution in [2.24, 2.45) is 0 Å². The monoisotopic (exact) mass is 340 g/mol. The molecule has 0 N–H and O–H groups in total. The maximum absolute atomic E-state index is 12.3. The third-order valence-electron chi connectivity index (χ3n) is 3.41. The molecule has 0 aliphatic carbocycles. The molecule has 0 radical (unpaired) electrons. The molecule has 0 fully saturated rings. The molecule has 0 spiro atoms. The molecule has 0 saturated heterocycles. The first-order chi connectivity index (χ1) is 11.7. The zero-order chi connectivity index (χ0) is 17.2. The van der Waals surface area contributed by atoms with Gasteiger partial charge >= 0.3 is 0 Å². The van der Waals surface area contributed by atoms with Gasteiger partial charge in [-0.2, -0.15) is 0 Å². The van der Waals surface area contributed by atoms with Crippen LogP contribution in [0.2, 0.25) is 0 Å². The van der Waals surface area contributed by atoms with Crippen LogP contribution < -0.4 is 4.74 Å². The van der Waals surface area contributed by atoms with Gasteiger partial charge in [-0.05, 0) is 61.1 Å². The van der Waals surface area contributed by atoms with Gasteiger partial charge in [-0.15, -0.1) is 11.8 Å². The molecule has 126 valence electrons. The first kappa shape index (κ1) is 18.3. The Morgan fingerprint density at radius 3 is 2.50 bits per heavy atom. The van der Waals surface area contributed by atoms with E-state index in [0.717, 1.165) is 29.9 Å². The quantitative estimate of drug-likeness (QED) is 0.324. The second kappa shape index (κ2) is 9.99. The van der Waals surface area contributed by atoms with E-state index in [9.17, 15) is 4.79 Å². The summed E-state index contributed by atoms with van der Waals surface area (Å²) in [4.78, 5) is 13.5. The molecular weight excluding hydrogens is 316 g/mol. The van der Waals surface area contributed by atoms with Crippen molar-refractivity contribution in [1.82, 2.24) is 0 Å². The lowest BCUT2D eigenvalue weighted by Crippen LogP contribution is -1.97. The minimum atomic E-state index is 0.00679. The van der Waals surface area contributed by atoms with E-state index >= 15 is 0 Å². The number of rotatable bonds is 9. The minimum Gasteiger partial charge on any atom is -0.493 e. The van der Waals surface area contributed by atoms with E-state index < -0.39 is 0 Å². The summed E-state index contributed by atoms with van der Waals surface area (Å²) in [5.41, 5.74) is 1.63. The topological polar surface area (TPSA) is 26.3 Å². The number of thioether (sulfide) groups is 1. The van der Waals surface area contributed by atoms with E-state index in [2.05, 4.69) is 13.8 Å². The molecule has 0 saturated carbocycles. The first-order valence-electron chi connectivity index (χ1n) is 8.41. The molecule has 0 aromatic heterocycles. The molecular formula is C21H24O2S. The molecule has 0 aliphatic rings. The van der Waals surface area contributed by atoms with Crippen molar-refractivity contribution in [2.75, 3.05) is 12.4 Å². The summed E-state index contributed by atoms with van der Waals surface area (Å²) >= 11 is 1.81. The van der Waals surface area contributed by atoms with Gasteiger partial charge in [0.25, 0.3) is 0 Å². The van der Waals surface area contributed by atoms with Gasteiger partial charge < -0.3 is 4.74 Å². The van der Waals surface area contributed by atoms with Gasteiger partial charge in [0.05, 0.1) is 6.61 Å². The third-order valence-corrected chi connectivity index (χ3v) is 4.62. The molecule has 0 aliphatic heterocycles. The van der Waals surface area contributed by atoms with Crippen LogP contribution in [0.5, 0.6) is 5.75 Å². The van der Waals surface area contributed by atoms with Crippen LogP contribution in [0, 0.1) is 0 Å². The van der Waals surface area contributed by atoms with Crippen LogP contribution in [-0.2, 0) is 0 Å². The van der Waals surface area contributed by atoms with Gasteiger partial charge in [0.15, 0.2) is 5.78 Å². The van der Waals surface area contributed by atoms with Crippen molar-refractivity contribution >= 4 is 23.6 Å². The molecule has 3 heteroatoms. The van der Waals surface area contributed by atoms with Gasteiger partial charge in [0.2, 0.25) is 0 Å². The summed E-state index contributed by atoms with van der Waals surface area (Å²) in [6.07, 6.45) is 5.54. The van der Waals surface area contributed by atoms with Crippen LogP contribution in [-0.4, -0.2) is 18.1 Å². The van der Waals surface area contributed by atoms with Crippen LogP contribution in [0.4, 0.5) is 0 Å². The molecule has 2 aromatic rings. The molecule has 0 atom stereocenters. The van der Waals surface area contributed by atoms with Crippen molar-refractivity contribution in [3.05, 3.63) is 65.7 Å². The van der Waals surface area contributed by atoms with Crippen molar-refractivity contribution in [3.63, 3.8) is 0 Å². The molecule has 0 amide bonds. The molecule has 0 heterocycles. The number of benzene rings is 2. The number of para-hydroxylation sites is 1. The second-order valence-corrected chi connectivity index (χ2v) is 6.63. The standard InChI is InChI=1S/C21H24O2S/c1-3-15-23-21-8-6-5-7-18(21)11-14-20(22)17-9-12-19(13-10-17)24-16-4-2/h5-14H,3-4,15-16H2,1-2H3. The number of hydrogen-bond acceptors (Lipinski definition) is 3. The van der Waals surface area contributed by atoms with Crippen LogP contribution in [0.1, 0.15) is 42.6 Å². The lowest BCUT2D eigenvalue weighted by atomic mass is 10.1.